The second-order valence-electron chi connectivity index (χ2n) is 3.40. The van der Waals surface area contributed by atoms with Crippen LogP contribution in [0.3, 0.4) is 0 Å². The van der Waals surface area contributed by atoms with E-state index < -0.39 is 5.97 Å². The highest BCUT2D eigenvalue weighted by Gasteiger charge is 2.02. The second-order valence-corrected chi connectivity index (χ2v) is 3.40. The molecule has 0 aliphatic rings. The highest BCUT2D eigenvalue weighted by Crippen LogP contribution is 2.10. The summed E-state index contributed by atoms with van der Waals surface area (Å²) in [4.78, 5) is 17.7. The molecule has 0 saturated heterocycles. The molecule has 0 amide bonds. The van der Waals surface area contributed by atoms with Gasteiger partial charge in [0.05, 0.1) is 17.6 Å². The number of aromatic amines is 1. The summed E-state index contributed by atoms with van der Waals surface area (Å²) < 4.78 is 4.94. The summed E-state index contributed by atoms with van der Waals surface area (Å²) >= 11 is 0. The van der Waals surface area contributed by atoms with Gasteiger partial charge in [0.25, 0.3) is 0 Å². The molecular weight excluding hydrogens is 208 g/mol. The Labute approximate surface area is 92.1 Å². The van der Waals surface area contributed by atoms with Crippen LogP contribution < -0.4 is 0 Å². The molecule has 0 aliphatic heterocycles. The SMILES string of the molecule is O=C(O)COCCc1nc2ccccc2[nH]1. The fourth-order valence-electron chi connectivity index (χ4n) is 1.45. The predicted octanol–water partition coefficient (Wildman–Crippen LogP) is 1.21. The Balaban J connectivity index is 1.92. The van der Waals surface area contributed by atoms with E-state index in [0.717, 1.165) is 16.9 Å². The van der Waals surface area contributed by atoms with Crippen molar-refractivity contribution in [1.82, 2.24) is 9.97 Å². The zero-order valence-corrected chi connectivity index (χ0v) is 8.64. The van der Waals surface area contributed by atoms with Crippen LogP contribution in [-0.4, -0.2) is 34.3 Å². The maximum absolute atomic E-state index is 10.2. The molecule has 84 valence electrons. The number of carbonyl (C=O) groups is 1. The van der Waals surface area contributed by atoms with E-state index >= 15 is 0 Å². The molecule has 0 bridgehead atoms. The van der Waals surface area contributed by atoms with E-state index in [1.807, 2.05) is 24.3 Å². The molecule has 0 spiro atoms. The average molecular weight is 220 g/mol. The van der Waals surface area contributed by atoms with E-state index in [9.17, 15) is 4.79 Å². The number of carboxylic acid groups (broad SMARTS) is 1. The van der Waals surface area contributed by atoms with Crippen molar-refractivity contribution in [1.29, 1.82) is 0 Å². The van der Waals surface area contributed by atoms with Crippen molar-refractivity contribution < 1.29 is 14.6 Å². The van der Waals surface area contributed by atoms with Crippen molar-refractivity contribution in [2.24, 2.45) is 0 Å². The lowest BCUT2D eigenvalue weighted by molar-refractivity contribution is -0.142. The summed E-state index contributed by atoms with van der Waals surface area (Å²) in [5.74, 6) is -0.142. The van der Waals surface area contributed by atoms with E-state index in [4.69, 9.17) is 9.84 Å². The average Bonchev–Trinajstić information content (AvgIpc) is 2.66. The van der Waals surface area contributed by atoms with E-state index in [1.54, 1.807) is 0 Å². The first kappa shape index (κ1) is 10.6. The molecular formula is C11H12N2O3. The number of hydrogen-bond donors (Lipinski definition) is 2. The number of carboxylic acids is 1. The van der Waals surface area contributed by atoms with Crippen molar-refractivity contribution in [2.75, 3.05) is 13.2 Å². The third-order valence-electron chi connectivity index (χ3n) is 2.15. The Hall–Kier alpha value is -1.88. The maximum atomic E-state index is 10.2. The van der Waals surface area contributed by atoms with Crippen LogP contribution in [0.1, 0.15) is 5.82 Å². The summed E-state index contributed by atoms with van der Waals surface area (Å²) in [6.07, 6.45) is 0.585. The van der Waals surface area contributed by atoms with Crippen molar-refractivity contribution in [3.8, 4) is 0 Å². The van der Waals surface area contributed by atoms with Gasteiger partial charge in [0, 0.05) is 6.42 Å². The molecule has 5 heteroatoms. The molecule has 0 saturated carbocycles. The van der Waals surface area contributed by atoms with Gasteiger partial charge in [-0.2, -0.15) is 0 Å². The Kier molecular flexibility index (Phi) is 3.16. The number of fused-ring (bicyclic) bond motifs is 1. The lowest BCUT2D eigenvalue weighted by Gasteiger charge is -1.97. The summed E-state index contributed by atoms with van der Waals surface area (Å²) in [6.45, 7) is 0.0896. The number of aromatic nitrogens is 2. The fraction of sp³-hybridized carbons (Fsp3) is 0.273. The van der Waals surface area contributed by atoms with Crippen molar-refractivity contribution >= 4 is 17.0 Å². The van der Waals surface area contributed by atoms with E-state index in [0.29, 0.717) is 13.0 Å². The minimum absolute atomic E-state index is 0.264. The number of imidazole rings is 1. The summed E-state index contributed by atoms with van der Waals surface area (Å²) in [5.41, 5.74) is 1.89. The highest BCUT2D eigenvalue weighted by atomic mass is 16.5. The Morgan fingerprint density at radius 1 is 1.44 bits per heavy atom. The minimum atomic E-state index is -0.954. The van der Waals surface area contributed by atoms with Gasteiger partial charge >= 0.3 is 5.97 Å². The third-order valence-corrected chi connectivity index (χ3v) is 2.15. The van der Waals surface area contributed by atoms with Gasteiger partial charge in [-0.25, -0.2) is 9.78 Å². The van der Waals surface area contributed by atoms with Gasteiger partial charge in [-0.15, -0.1) is 0 Å². The number of H-pyrrole nitrogens is 1. The van der Waals surface area contributed by atoms with Crippen LogP contribution in [-0.2, 0) is 16.0 Å². The fourth-order valence-corrected chi connectivity index (χ4v) is 1.45. The van der Waals surface area contributed by atoms with Gasteiger partial charge in [0.2, 0.25) is 0 Å². The molecule has 16 heavy (non-hydrogen) atoms. The van der Waals surface area contributed by atoms with Crippen LogP contribution in [0, 0.1) is 0 Å². The van der Waals surface area contributed by atoms with Gasteiger partial charge in [0.1, 0.15) is 12.4 Å². The zero-order chi connectivity index (χ0) is 11.4. The number of aliphatic carboxylic acids is 1. The quantitative estimate of drug-likeness (QED) is 0.742. The number of ether oxygens (including phenoxy) is 1. The molecule has 2 aromatic rings. The van der Waals surface area contributed by atoms with Crippen molar-refractivity contribution in [3.05, 3.63) is 30.1 Å². The maximum Gasteiger partial charge on any atom is 0.329 e. The number of para-hydroxylation sites is 2. The number of hydrogen-bond acceptors (Lipinski definition) is 3. The largest absolute Gasteiger partial charge is 0.480 e. The number of nitrogens with zero attached hydrogens (tertiary/aromatic N) is 1. The number of nitrogens with one attached hydrogen (secondary N) is 1. The minimum Gasteiger partial charge on any atom is -0.480 e. The summed E-state index contributed by atoms with van der Waals surface area (Å²) in [7, 11) is 0. The van der Waals surface area contributed by atoms with Gasteiger partial charge in [-0.3, -0.25) is 0 Å². The molecule has 1 aromatic carbocycles. The number of benzene rings is 1. The first-order chi connectivity index (χ1) is 7.75. The van der Waals surface area contributed by atoms with E-state index in [1.165, 1.54) is 0 Å². The second kappa shape index (κ2) is 4.76. The molecule has 0 fully saturated rings. The Morgan fingerprint density at radius 2 is 2.25 bits per heavy atom. The Morgan fingerprint density at radius 3 is 3.00 bits per heavy atom. The van der Waals surface area contributed by atoms with Crippen molar-refractivity contribution in [2.45, 2.75) is 6.42 Å². The van der Waals surface area contributed by atoms with Gasteiger partial charge in [0.15, 0.2) is 0 Å². The summed E-state index contributed by atoms with van der Waals surface area (Å²) in [5, 5.41) is 8.38. The standard InChI is InChI=1S/C11H12N2O3/c14-11(15)7-16-6-5-10-12-8-3-1-2-4-9(8)13-10/h1-4H,5-7H2,(H,12,13)(H,14,15). The molecule has 2 rings (SSSR count). The molecule has 1 aromatic heterocycles. The van der Waals surface area contributed by atoms with Gasteiger partial charge < -0.3 is 14.8 Å². The highest BCUT2D eigenvalue weighted by molar-refractivity contribution is 5.74. The van der Waals surface area contributed by atoms with Crippen LogP contribution in [0.25, 0.3) is 11.0 Å². The van der Waals surface area contributed by atoms with Crippen molar-refractivity contribution in [3.63, 3.8) is 0 Å². The topological polar surface area (TPSA) is 75.2 Å². The van der Waals surface area contributed by atoms with Crippen LogP contribution in [0.2, 0.25) is 0 Å². The third kappa shape index (κ3) is 2.58. The first-order valence-corrected chi connectivity index (χ1v) is 4.99. The predicted molar refractivity (Wildman–Crippen MR) is 58.3 cm³/mol. The van der Waals surface area contributed by atoms with Gasteiger partial charge in [-0.1, -0.05) is 12.1 Å². The molecule has 2 N–H and O–H groups in total. The monoisotopic (exact) mass is 220 g/mol. The normalized spacial score (nSPS) is 10.8. The van der Waals surface area contributed by atoms with Gasteiger partial charge in [-0.05, 0) is 12.1 Å². The molecule has 0 aliphatic carbocycles. The molecule has 0 radical (unpaired) electrons. The molecule has 1 heterocycles. The van der Waals surface area contributed by atoms with Crippen LogP contribution in [0.15, 0.2) is 24.3 Å². The molecule has 0 unspecified atom stereocenters. The zero-order valence-electron chi connectivity index (χ0n) is 8.64. The smallest absolute Gasteiger partial charge is 0.329 e. The lowest BCUT2D eigenvalue weighted by atomic mass is 10.3. The number of rotatable bonds is 5. The molecule has 5 nitrogen and oxygen atoms in total. The Bertz CT molecular complexity index is 460. The van der Waals surface area contributed by atoms with Crippen LogP contribution in [0.5, 0.6) is 0 Å². The van der Waals surface area contributed by atoms with Crippen LogP contribution in [0.4, 0.5) is 0 Å². The van der Waals surface area contributed by atoms with E-state index in [2.05, 4.69) is 9.97 Å². The van der Waals surface area contributed by atoms with E-state index in [-0.39, 0.29) is 6.61 Å². The van der Waals surface area contributed by atoms with Crippen LogP contribution >= 0.6 is 0 Å². The molecule has 0 atom stereocenters. The summed E-state index contributed by atoms with van der Waals surface area (Å²) in [6, 6.07) is 7.73. The first-order valence-electron chi connectivity index (χ1n) is 4.99. The lowest BCUT2D eigenvalue weighted by Crippen LogP contribution is -2.09.